The largest absolute Gasteiger partial charge is 0.497 e. The van der Waals surface area contributed by atoms with Crippen molar-refractivity contribution in [3.63, 3.8) is 0 Å². The molecule has 0 bridgehead atoms. The van der Waals surface area contributed by atoms with Gasteiger partial charge in [-0.05, 0) is 43.4 Å². The van der Waals surface area contributed by atoms with E-state index in [1.807, 2.05) is 34.1 Å². The number of carbonyl (C=O) groups is 3. The fourth-order valence-electron chi connectivity index (χ4n) is 5.06. The molecular weight excluding hydrogens is 370 g/mol. The molecule has 0 N–H and O–H groups in total. The molecule has 3 aliphatic rings. The van der Waals surface area contributed by atoms with Gasteiger partial charge < -0.3 is 19.4 Å². The lowest BCUT2D eigenvalue weighted by molar-refractivity contribution is -0.148. The Hall–Kier alpha value is -2.57. The van der Waals surface area contributed by atoms with E-state index in [0.29, 0.717) is 13.0 Å². The first-order valence-electron chi connectivity index (χ1n) is 10.5. The van der Waals surface area contributed by atoms with Gasteiger partial charge >= 0.3 is 0 Å². The van der Waals surface area contributed by atoms with Gasteiger partial charge in [0.15, 0.2) is 0 Å². The van der Waals surface area contributed by atoms with Crippen LogP contribution in [0.4, 0.5) is 0 Å². The summed E-state index contributed by atoms with van der Waals surface area (Å²) in [6, 6.07) is 7.25. The van der Waals surface area contributed by atoms with Crippen molar-refractivity contribution in [3.05, 3.63) is 29.8 Å². The molecule has 3 amide bonds. The standard InChI is InChI=1S/C22H29N3O4/c1-15(26)24-13-17-12-19(22(28)23-10-4-3-5-11-23)21(25(17)20(27)14-24)16-6-8-18(29-2)9-7-16/h6-9,17,19,21H,3-5,10-14H2,1-2H3/t17-,19?,21?/m0/s1. The third kappa shape index (κ3) is 3.70. The van der Waals surface area contributed by atoms with E-state index in [2.05, 4.69) is 0 Å². The highest BCUT2D eigenvalue weighted by molar-refractivity contribution is 5.88. The number of fused-ring (bicyclic) bond motifs is 1. The zero-order valence-corrected chi connectivity index (χ0v) is 17.2. The van der Waals surface area contributed by atoms with Crippen LogP contribution < -0.4 is 4.74 Å². The molecule has 29 heavy (non-hydrogen) atoms. The normalized spacial score (nSPS) is 27.0. The second kappa shape index (κ2) is 8.05. The Bertz CT molecular complexity index is 788. The van der Waals surface area contributed by atoms with Gasteiger partial charge in [-0.25, -0.2) is 0 Å². The van der Waals surface area contributed by atoms with Crippen LogP contribution in [0.2, 0.25) is 0 Å². The number of rotatable bonds is 3. The third-order valence-corrected chi connectivity index (χ3v) is 6.53. The van der Waals surface area contributed by atoms with E-state index in [1.54, 1.807) is 12.0 Å². The van der Waals surface area contributed by atoms with Crippen LogP contribution >= 0.6 is 0 Å². The molecule has 7 nitrogen and oxygen atoms in total. The van der Waals surface area contributed by atoms with Crippen molar-refractivity contribution >= 4 is 17.7 Å². The molecule has 3 heterocycles. The lowest BCUT2D eigenvalue weighted by atomic mass is 9.91. The lowest BCUT2D eigenvalue weighted by Gasteiger charge is -2.40. The molecule has 3 saturated heterocycles. The van der Waals surface area contributed by atoms with Gasteiger partial charge in [0.1, 0.15) is 5.75 Å². The SMILES string of the molecule is COc1ccc(C2C(C(=O)N3CCCCC3)C[C@H]3CN(C(C)=O)CC(=O)N23)cc1. The molecule has 156 valence electrons. The molecule has 0 radical (unpaired) electrons. The maximum absolute atomic E-state index is 13.5. The molecule has 7 heteroatoms. The van der Waals surface area contributed by atoms with Crippen molar-refractivity contribution in [3.8, 4) is 5.75 Å². The molecule has 1 aromatic rings. The Balaban J connectivity index is 1.66. The van der Waals surface area contributed by atoms with Crippen molar-refractivity contribution in [2.24, 2.45) is 5.92 Å². The number of methoxy groups -OCH3 is 1. The Kier molecular flexibility index (Phi) is 5.48. The fraction of sp³-hybridized carbons (Fsp3) is 0.591. The van der Waals surface area contributed by atoms with Crippen LogP contribution in [0, 0.1) is 5.92 Å². The smallest absolute Gasteiger partial charge is 0.243 e. The van der Waals surface area contributed by atoms with Gasteiger partial charge in [-0.2, -0.15) is 0 Å². The lowest BCUT2D eigenvalue weighted by Crippen LogP contribution is -2.55. The minimum atomic E-state index is -0.290. The van der Waals surface area contributed by atoms with E-state index < -0.39 is 0 Å². The summed E-state index contributed by atoms with van der Waals surface area (Å²) in [5.74, 6) is 0.440. The summed E-state index contributed by atoms with van der Waals surface area (Å²) in [5, 5.41) is 0. The summed E-state index contributed by atoms with van der Waals surface area (Å²) in [7, 11) is 1.62. The highest BCUT2D eigenvalue weighted by Gasteiger charge is 2.51. The number of piperidine rings is 1. The number of nitrogens with zero attached hydrogens (tertiary/aromatic N) is 3. The molecule has 0 aliphatic carbocycles. The minimum absolute atomic E-state index is 0.0776. The van der Waals surface area contributed by atoms with Gasteiger partial charge in [0.05, 0.1) is 31.7 Å². The average Bonchev–Trinajstić information content (AvgIpc) is 3.14. The maximum Gasteiger partial charge on any atom is 0.243 e. The number of benzene rings is 1. The molecule has 0 saturated carbocycles. The Morgan fingerprint density at radius 2 is 1.72 bits per heavy atom. The predicted molar refractivity (Wildman–Crippen MR) is 107 cm³/mol. The van der Waals surface area contributed by atoms with E-state index in [1.165, 1.54) is 6.92 Å². The third-order valence-electron chi connectivity index (χ3n) is 6.53. The summed E-state index contributed by atoms with van der Waals surface area (Å²) in [5.41, 5.74) is 0.952. The van der Waals surface area contributed by atoms with Crippen molar-refractivity contribution in [1.29, 1.82) is 0 Å². The van der Waals surface area contributed by atoms with Gasteiger partial charge in [0.25, 0.3) is 0 Å². The summed E-state index contributed by atoms with van der Waals surface area (Å²) in [6.07, 6.45) is 3.84. The van der Waals surface area contributed by atoms with E-state index >= 15 is 0 Å². The van der Waals surface area contributed by atoms with Gasteiger partial charge in [0.2, 0.25) is 17.7 Å². The number of amides is 3. The van der Waals surface area contributed by atoms with Crippen molar-refractivity contribution in [1.82, 2.24) is 14.7 Å². The average molecular weight is 399 g/mol. The minimum Gasteiger partial charge on any atom is -0.497 e. The summed E-state index contributed by atoms with van der Waals surface area (Å²) >= 11 is 0. The van der Waals surface area contributed by atoms with Crippen LogP contribution in [-0.4, -0.2) is 71.8 Å². The zero-order valence-electron chi connectivity index (χ0n) is 17.2. The van der Waals surface area contributed by atoms with Crippen LogP contribution in [0.25, 0.3) is 0 Å². The quantitative estimate of drug-likeness (QED) is 0.778. The second-order valence-corrected chi connectivity index (χ2v) is 8.30. The van der Waals surface area contributed by atoms with Gasteiger partial charge in [0, 0.05) is 26.6 Å². The van der Waals surface area contributed by atoms with E-state index in [9.17, 15) is 14.4 Å². The van der Waals surface area contributed by atoms with Crippen LogP contribution in [0.15, 0.2) is 24.3 Å². The second-order valence-electron chi connectivity index (χ2n) is 8.30. The number of piperazine rings is 1. The number of carbonyl (C=O) groups excluding carboxylic acids is 3. The number of hydrogen-bond acceptors (Lipinski definition) is 4. The van der Waals surface area contributed by atoms with Gasteiger partial charge in [-0.1, -0.05) is 12.1 Å². The first-order chi connectivity index (χ1) is 14.0. The highest BCUT2D eigenvalue weighted by atomic mass is 16.5. The first kappa shape index (κ1) is 19.7. The zero-order chi connectivity index (χ0) is 20.5. The van der Waals surface area contributed by atoms with E-state index in [4.69, 9.17) is 4.74 Å². The van der Waals surface area contributed by atoms with Gasteiger partial charge in [-0.15, -0.1) is 0 Å². The van der Waals surface area contributed by atoms with Gasteiger partial charge in [-0.3, -0.25) is 14.4 Å². The predicted octanol–water partition coefficient (Wildman–Crippen LogP) is 1.83. The topological polar surface area (TPSA) is 70.2 Å². The Labute approximate surface area is 171 Å². The van der Waals surface area contributed by atoms with Crippen LogP contribution in [0.1, 0.15) is 44.2 Å². The van der Waals surface area contributed by atoms with Crippen molar-refractivity contribution in [2.45, 2.75) is 44.7 Å². The molecule has 3 fully saturated rings. The number of hydrogen-bond donors (Lipinski definition) is 0. The Morgan fingerprint density at radius 1 is 1.03 bits per heavy atom. The molecule has 4 rings (SSSR count). The van der Waals surface area contributed by atoms with Crippen molar-refractivity contribution < 1.29 is 19.1 Å². The number of ether oxygens (including phenoxy) is 1. The van der Waals surface area contributed by atoms with Crippen LogP contribution in [0.3, 0.4) is 0 Å². The molecular formula is C22H29N3O4. The van der Waals surface area contributed by atoms with Crippen molar-refractivity contribution in [2.75, 3.05) is 33.3 Å². The molecule has 1 aromatic carbocycles. The summed E-state index contributed by atoms with van der Waals surface area (Å²) in [4.78, 5) is 43.8. The first-order valence-corrected chi connectivity index (χ1v) is 10.5. The fourth-order valence-corrected chi connectivity index (χ4v) is 5.06. The van der Waals surface area contributed by atoms with Crippen LogP contribution in [-0.2, 0) is 14.4 Å². The van der Waals surface area contributed by atoms with E-state index in [0.717, 1.165) is 43.7 Å². The molecule has 3 atom stereocenters. The monoisotopic (exact) mass is 399 g/mol. The van der Waals surface area contributed by atoms with E-state index in [-0.39, 0.29) is 42.3 Å². The molecule has 0 aromatic heterocycles. The summed E-state index contributed by atoms with van der Waals surface area (Å²) < 4.78 is 5.27. The molecule has 2 unspecified atom stereocenters. The van der Waals surface area contributed by atoms with Crippen LogP contribution in [0.5, 0.6) is 5.75 Å². The molecule has 0 spiro atoms. The summed E-state index contributed by atoms with van der Waals surface area (Å²) in [6.45, 7) is 3.67. The molecule has 3 aliphatic heterocycles. The highest BCUT2D eigenvalue weighted by Crippen LogP contribution is 2.44. The number of likely N-dealkylation sites (tertiary alicyclic amines) is 1. The Morgan fingerprint density at radius 3 is 2.34 bits per heavy atom. The maximum atomic E-state index is 13.5.